The van der Waals surface area contributed by atoms with E-state index in [-0.39, 0.29) is 24.8 Å². The molecule has 0 nitrogen and oxygen atoms in total. The number of benzene rings is 6. The Morgan fingerprint density at radius 2 is 1.25 bits per heavy atom. The third-order valence-corrected chi connectivity index (χ3v) is 11.2. The molecule has 0 spiro atoms. The van der Waals surface area contributed by atoms with E-state index in [9.17, 15) is 0 Å². The number of fused-ring (bicyclic) bond motifs is 3. The van der Waals surface area contributed by atoms with Crippen molar-refractivity contribution in [3.63, 3.8) is 0 Å². The smallest absolute Gasteiger partial charge is 0.109 e. The van der Waals surface area contributed by atoms with Crippen molar-refractivity contribution in [2.24, 2.45) is 0 Å². The Bertz CT molecular complexity index is 2310. The van der Waals surface area contributed by atoms with Crippen LogP contribution in [0.25, 0.3) is 43.8 Å². The molecule has 0 fully saturated rings. The van der Waals surface area contributed by atoms with Gasteiger partial charge in [0, 0.05) is 0 Å². The molecule has 5 heteroatoms. The molecular weight excluding hydrogens is 846 g/mol. The van der Waals surface area contributed by atoms with Crippen LogP contribution >= 0.6 is 23.2 Å². The molecule has 0 saturated carbocycles. The molecule has 0 amide bonds. The predicted octanol–water partition coefficient (Wildman–Crippen LogP) is 8.82. The van der Waals surface area contributed by atoms with E-state index < -0.39 is 0 Å². The largest absolute Gasteiger partial charge is 1.00 e. The fraction of sp³-hybridized carbons (Fsp3) is 0.176. The summed E-state index contributed by atoms with van der Waals surface area (Å²) in [5.41, 5.74) is 12.3. The van der Waals surface area contributed by atoms with Crippen LogP contribution in [0.4, 0.5) is 0 Å². The number of unbranched alkanes of at least 4 members (excludes halogenated alkanes) is 1. The van der Waals surface area contributed by atoms with Crippen LogP contribution in [0.5, 0.6) is 0 Å². The van der Waals surface area contributed by atoms with Gasteiger partial charge in [0.25, 0.3) is 0 Å². The Hall–Kier alpha value is -3.42. The Labute approximate surface area is 371 Å². The van der Waals surface area contributed by atoms with Crippen LogP contribution in [0.2, 0.25) is 10.0 Å². The minimum absolute atomic E-state index is 0. The Morgan fingerprint density at radius 3 is 1.75 bits per heavy atom. The van der Waals surface area contributed by atoms with Gasteiger partial charge in [0.15, 0.2) is 0 Å². The molecule has 7 aromatic carbocycles. The number of allylic oxidation sites excluding steroid dienone is 4. The molecule has 0 aliphatic heterocycles. The summed E-state index contributed by atoms with van der Waals surface area (Å²) in [6.45, 7) is 6.80. The van der Waals surface area contributed by atoms with E-state index in [0.717, 1.165) is 35.7 Å². The molecule has 1 aliphatic carbocycles. The van der Waals surface area contributed by atoms with Gasteiger partial charge in [-0.15, -0.1) is 40.1 Å². The fourth-order valence-corrected chi connectivity index (χ4v) is 8.43. The normalized spacial score (nSPS) is 11.3. The monoisotopic (exact) mass is 888 g/mol. The zero-order valence-corrected chi connectivity index (χ0v) is 37.7. The molecule has 8 rings (SSSR count). The van der Waals surface area contributed by atoms with Crippen LogP contribution in [0.3, 0.4) is 0 Å². The average Bonchev–Trinajstić information content (AvgIpc) is 3.89. The van der Waals surface area contributed by atoms with E-state index in [1.807, 2.05) is 36.4 Å². The van der Waals surface area contributed by atoms with E-state index in [1.54, 1.807) is 0 Å². The summed E-state index contributed by atoms with van der Waals surface area (Å²) >= 11 is 13.2. The van der Waals surface area contributed by atoms with Crippen molar-refractivity contribution in [1.29, 1.82) is 0 Å². The summed E-state index contributed by atoms with van der Waals surface area (Å²) in [4.78, 5) is 0. The average molecular weight is 892 g/mol. The van der Waals surface area contributed by atoms with Crippen molar-refractivity contribution in [2.75, 3.05) is 0 Å². The van der Waals surface area contributed by atoms with Gasteiger partial charge < -0.3 is 24.8 Å². The standard InChI is InChI=1S/C31H29.C15H12Cl2.C5H5.2ClH.Zr/c1-4-5-16-26-30-20-25-19-27(23-12-8-6-9-13-23)21(2)17-28(25)29(30)18-22(3)31(26)24-14-10-7-11-15-24;16-14-8-4-12(5-9-14)2-1-3-13-6-10-15(17)11-7-13;1-2-4-5-3-1;;;/h6-15,17-20H,4-5,16H2,1-3H3;4-11H,2-3H2;1-3H,4H2;2*1H;/q-1;;-1;;;+2/p-2. The van der Waals surface area contributed by atoms with Crippen LogP contribution in [0, 0.1) is 19.9 Å². The molecule has 56 heavy (non-hydrogen) atoms. The molecule has 0 aromatic heterocycles. The third kappa shape index (κ3) is 12.1. The first-order chi connectivity index (χ1) is 26.3. The van der Waals surface area contributed by atoms with Crippen molar-refractivity contribution in [3.8, 4) is 22.3 Å². The Kier molecular flexibility index (Phi) is 18.2. The van der Waals surface area contributed by atoms with E-state index in [2.05, 4.69) is 142 Å². The van der Waals surface area contributed by atoms with Crippen LogP contribution in [-0.4, -0.2) is 3.21 Å². The molecule has 0 heterocycles. The number of hydrogen-bond acceptors (Lipinski definition) is 0. The van der Waals surface area contributed by atoms with Gasteiger partial charge in [0.1, 0.15) is 0 Å². The number of halogens is 4. The quantitative estimate of drug-likeness (QED) is 0.127. The first kappa shape index (κ1) is 45.3. The van der Waals surface area contributed by atoms with Crippen LogP contribution in [0.1, 0.15) is 54.0 Å². The number of hydrogen-bond donors (Lipinski definition) is 0. The summed E-state index contributed by atoms with van der Waals surface area (Å²) in [5.74, 6) is 0. The molecule has 0 saturated heterocycles. The zero-order valence-electron chi connectivity index (χ0n) is 32.2. The van der Waals surface area contributed by atoms with E-state index in [1.165, 1.54) is 112 Å². The van der Waals surface area contributed by atoms with Crippen molar-refractivity contribution >= 4 is 48.0 Å². The van der Waals surface area contributed by atoms with Gasteiger partial charge in [-0.3, -0.25) is 6.08 Å². The summed E-state index contributed by atoms with van der Waals surface area (Å²) in [6.07, 6.45) is 15.6. The van der Waals surface area contributed by atoms with Gasteiger partial charge in [-0.05, 0) is 36.1 Å². The maximum absolute atomic E-state index is 5.88. The predicted molar refractivity (Wildman–Crippen MR) is 233 cm³/mol. The maximum atomic E-state index is 5.88. The molecule has 0 atom stereocenters. The second-order valence-corrected chi connectivity index (χ2v) is 16.6. The summed E-state index contributed by atoms with van der Waals surface area (Å²) in [7, 11) is 0. The molecule has 0 bridgehead atoms. The van der Waals surface area contributed by atoms with Crippen molar-refractivity contribution in [1.82, 2.24) is 0 Å². The second-order valence-electron chi connectivity index (χ2n) is 14.0. The topological polar surface area (TPSA) is 0 Å². The summed E-state index contributed by atoms with van der Waals surface area (Å²) in [5, 5.41) is 7.15. The van der Waals surface area contributed by atoms with E-state index in [4.69, 9.17) is 23.2 Å². The molecule has 1 aliphatic rings. The number of aryl methyl sites for hydroxylation is 3. The van der Waals surface area contributed by atoms with Gasteiger partial charge in [-0.2, -0.15) is 6.08 Å². The van der Waals surface area contributed by atoms with Gasteiger partial charge in [0.2, 0.25) is 0 Å². The second kappa shape index (κ2) is 22.5. The van der Waals surface area contributed by atoms with Crippen molar-refractivity contribution < 1.29 is 49.0 Å². The molecule has 7 aromatic rings. The minimum atomic E-state index is 0. The molecule has 0 unspecified atom stereocenters. The Balaban J connectivity index is 0.000000236. The molecule has 284 valence electrons. The third-order valence-electron chi connectivity index (χ3n) is 9.83. The summed E-state index contributed by atoms with van der Waals surface area (Å²) < 4.78 is 1.52. The van der Waals surface area contributed by atoms with E-state index in [0.29, 0.717) is 0 Å². The van der Waals surface area contributed by atoms with Crippen molar-refractivity contribution in [3.05, 3.63) is 196 Å². The molecule has 0 N–H and O–H groups in total. The Morgan fingerprint density at radius 1 is 0.696 bits per heavy atom. The van der Waals surface area contributed by atoms with Crippen LogP contribution < -0.4 is 24.8 Å². The van der Waals surface area contributed by atoms with Gasteiger partial charge in [-0.25, -0.2) is 12.2 Å². The first-order valence-electron chi connectivity index (χ1n) is 18.8. The molecular formula is C51H46Cl4Zr-2. The van der Waals surface area contributed by atoms with Crippen LogP contribution in [0.15, 0.2) is 152 Å². The SMILES string of the molecule is CCCCc1c(-c2ccccc2)c(C)cc2c1[cH-]c1cc(-c3ccccc3)c(C)cc12.Clc1ccc(C[C](=[Zr+2])Cc2ccc(Cl)cc2)cc1.[C-]1=CC=CC1.[Cl-].[Cl-]. The zero-order chi connectivity index (χ0) is 37.9. The van der Waals surface area contributed by atoms with E-state index >= 15 is 0 Å². The van der Waals surface area contributed by atoms with Crippen molar-refractivity contribution in [2.45, 2.75) is 59.3 Å². The minimum Gasteiger partial charge on any atom is -1.00 e. The fourth-order valence-electron chi connectivity index (χ4n) is 7.17. The number of rotatable bonds is 9. The van der Waals surface area contributed by atoms with Crippen LogP contribution in [-0.2, 0) is 43.5 Å². The summed E-state index contributed by atoms with van der Waals surface area (Å²) in [6, 6.07) is 47.5. The molecule has 0 radical (unpaired) electrons. The maximum Gasteiger partial charge on any atom is -0.109 e. The van der Waals surface area contributed by atoms with Gasteiger partial charge in [0.05, 0.1) is 0 Å². The van der Waals surface area contributed by atoms with Gasteiger partial charge in [-0.1, -0.05) is 116 Å². The van der Waals surface area contributed by atoms with Gasteiger partial charge >= 0.3 is 133 Å². The first-order valence-corrected chi connectivity index (χ1v) is 20.8.